The molecule has 108 valence electrons. The van der Waals surface area contributed by atoms with Crippen LogP contribution < -0.4 is 4.90 Å². The number of hydrogen-bond donors (Lipinski definition) is 1. The third-order valence-corrected chi connectivity index (χ3v) is 3.66. The van der Waals surface area contributed by atoms with Crippen LogP contribution in [0.15, 0.2) is 12.3 Å². The molecule has 1 unspecified atom stereocenters. The Bertz CT molecular complexity index is 532. The standard InChI is InChI=1S/C13H17N3O4/c1-2-10-5-3-4-6-15(10)12-11(16(19)20)7-9(8-14-12)13(17)18/h7-8,10H,2-6H2,1H3,(H,17,18). The molecule has 0 bridgehead atoms. The Morgan fingerprint density at radius 2 is 2.35 bits per heavy atom. The molecule has 1 saturated heterocycles. The van der Waals surface area contributed by atoms with E-state index in [-0.39, 0.29) is 23.1 Å². The SMILES string of the molecule is CCC1CCCCN1c1ncc(C(=O)O)cc1[N+](=O)[O-]. The number of aromatic carboxylic acids is 1. The van der Waals surface area contributed by atoms with E-state index >= 15 is 0 Å². The minimum Gasteiger partial charge on any atom is -0.478 e. The van der Waals surface area contributed by atoms with Crippen LogP contribution in [-0.4, -0.2) is 33.6 Å². The van der Waals surface area contributed by atoms with Crippen molar-refractivity contribution in [3.63, 3.8) is 0 Å². The van der Waals surface area contributed by atoms with Gasteiger partial charge in [-0.2, -0.15) is 0 Å². The van der Waals surface area contributed by atoms with Crippen molar-refractivity contribution in [3.05, 3.63) is 27.9 Å². The Labute approximate surface area is 116 Å². The summed E-state index contributed by atoms with van der Waals surface area (Å²) in [5.74, 6) is -0.926. The van der Waals surface area contributed by atoms with E-state index in [1.54, 1.807) is 0 Å². The van der Waals surface area contributed by atoms with Crippen molar-refractivity contribution in [1.82, 2.24) is 4.98 Å². The second kappa shape index (κ2) is 5.85. The first-order chi connectivity index (χ1) is 9.54. The molecule has 0 aliphatic carbocycles. The number of piperidine rings is 1. The molecule has 2 rings (SSSR count). The van der Waals surface area contributed by atoms with E-state index in [0.29, 0.717) is 0 Å². The Morgan fingerprint density at radius 1 is 1.60 bits per heavy atom. The zero-order valence-corrected chi connectivity index (χ0v) is 11.3. The van der Waals surface area contributed by atoms with E-state index in [2.05, 4.69) is 4.98 Å². The minimum absolute atomic E-state index is 0.162. The number of pyridine rings is 1. The fourth-order valence-electron chi connectivity index (χ4n) is 2.62. The number of carboxylic acid groups (broad SMARTS) is 1. The predicted molar refractivity (Wildman–Crippen MR) is 73.1 cm³/mol. The molecule has 1 aliphatic rings. The Morgan fingerprint density at radius 3 is 2.95 bits per heavy atom. The van der Waals surface area contributed by atoms with Gasteiger partial charge < -0.3 is 10.0 Å². The van der Waals surface area contributed by atoms with Crippen molar-refractivity contribution in [2.24, 2.45) is 0 Å². The largest absolute Gasteiger partial charge is 0.478 e. The molecule has 2 heterocycles. The Balaban J connectivity index is 2.44. The van der Waals surface area contributed by atoms with Gasteiger partial charge in [-0.1, -0.05) is 6.92 Å². The molecule has 1 fully saturated rings. The van der Waals surface area contributed by atoms with Gasteiger partial charge in [0.15, 0.2) is 0 Å². The summed E-state index contributed by atoms with van der Waals surface area (Å²) in [6.07, 6.45) is 5.13. The molecule has 1 aromatic rings. The number of hydrogen-bond acceptors (Lipinski definition) is 5. The van der Waals surface area contributed by atoms with Crippen LogP contribution in [-0.2, 0) is 0 Å². The summed E-state index contributed by atoms with van der Waals surface area (Å²) in [6, 6.07) is 1.32. The van der Waals surface area contributed by atoms with E-state index in [1.807, 2.05) is 11.8 Å². The lowest BCUT2D eigenvalue weighted by atomic mass is 10.00. The molecule has 0 aromatic carbocycles. The molecule has 0 radical (unpaired) electrons. The monoisotopic (exact) mass is 279 g/mol. The van der Waals surface area contributed by atoms with E-state index in [9.17, 15) is 14.9 Å². The molecule has 0 amide bonds. The maximum atomic E-state index is 11.2. The lowest BCUT2D eigenvalue weighted by Crippen LogP contribution is -2.40. The molecule has 20 heavy (non-hydrogen) atoms. The van der Waals surface area contributed by atoms with E-state index in [1.165, 1.54) is 6.20 Å². The van der Waals surface area contributed by atoms with Gasteiger partial charge in [-0.15, -0.1) is 0 Å². The second-order valence-corrected chi connectivity index (χ2v) is 4.88. The molecule has 7 nitrogen and oxygen atoms in total. The Hall–Kier alpha value is -2.18. The zero-order valence-electron chi connectivity index (χ0n) is 11.3. The van der Waals surface area contributed by atoms with E-state index < -0.39 is 10.9 Å². The third-order valence-electron chi connectivity index (χ3n) is 3.66. The molecule has 0 spiro atoms. The lowest BCUT2D eigenvalue weighted by Gasteiger charge is -2.35. The van der Waals surface area contributed by atoms with Crippen molar-refractivity contribution in [2.45, 2.75) is 38.6 Å². The van der Waals surface area contributed by atoms with Crippen LogP contribution in [0.2, 0.25) is 0 Å². The van der Waals surface area contributed by atoms with Crippen molar-refractivity contribution in [1.29, 1.82) is 0 Å². The number of aromatic nitrogens is 1. The average Bonchev–Trinajstić information content (AvgIpc) is 2.46. The van der Waals surface area contributed by atoms with Crippen LogP contribution >= 0.6 is 0 Å². The van der Waals surface area contributed by atoms with Crippen LogP contribution in [0, 0.1) is 10.1 Å². The van der Waals surface area contributed by atoms with Crippen molar-refractivity contribution < 1.29 is 14.8 Å². The lowest BCUT2D eigenvalue weighted by molar-refractivity contribution is -0.384. The summed E-state index contributed by atoms with van der Waals surface area (Å²) in [5, 5.41) is 20.1. The summed E-state index contributed by atoms with van der Waals surface area (Å²) in [4.78, 5) is 27.5. The van der Waals surface area contributed by atoms with Gasteiger partial charge in [0.25, 0.3) is 0 Å². The predicted octanol–water partition coefficient (Wildman–Crippen LogP) is 2.46. The van der Waals surface area contributed by atoms with Crippen LogP contribution in [0.5, 0.6) is 0 Å². The number of nitro groups is 1. The van der Waals surface area contributed by atoms with Gasteiger partial charge in [0.1, 0.15) is 0 Å². The highest BCUT2D eigenvalue weighted by atomic mass is 16.6. The zero-order chi connectivity index (χ0) is 14.7. The number of anilines is 1. The van der Waals surface area contributed by atoms with Gasteiger partial charge in [0, 0.05) is 24.8 Å². The molecule has 1 aromatic heterocycles. The highest BCUT2D eigenvalue weighted by Crippen LogP contribution is 2.32. The minimum atomic E-state index is -1.21. The number of carbonyl (C=O) groups is 1. The first kappa shape index (κ1) is 14.2. The molecule has 1 atom stereocenters. The van der Waals surface area contributed by atoms with Crippen LogP contribution in [0.4, 0.5) is 11.5 Å². The highest BCUT2D eigenvalue weighted by molar-refractivity contribution is 5.88. The molecule has 1 N–H and O–H groups in total. The van der Waals surface area contributed by atoms with E-state index in [4.69, 9.17) is 5.11 Å². The number of nitrogens with zero attached hydrogens (tertiary/aromatic N) is 3. The smallest absolute Gasteiger partial charge is 0.337 e. The van der Waals surface area contributed by atoms with Crippen molar-refractivity contribution in [3.8, 4) is 0 Å². The van der Waals surface area contributed by atoms with Gasteiger partial charge in [0.05, 0.1) is 10.5 Å². The summed E-state index contributed by atoms with van der Waals surface area (Å²) >= 11 is 0. The summed E-state index contributed by atoms with van der Waals surface area (Å²) in [7, 11) is 0. The molecule has 7 heteroatoms. The molecular formula is C13H17N3O4. The fourth-order valence-corrected chi connectivity index (χ4v) is 2.62. The number of rotatable bonds is 4. The normalized spacial score (nSPS) is 18.9. The van der Waals surface area contributed by atoms with Gasteiger partial charge >= 0.3 is 11.7 Å². The van der Waals surface area contributed by atoms with Gasteiger partial charge in [-0.25, -0.2) is 9.78 Å². The quantitative estimate of drug-likeness (QED) is 0.671. The van der Waals surface area contributed by atoms with Crippen LogP contribution in [0.1, 0.15) is 43.0 Å². The van der Waals surface area contributed by atoms with Crippen LogP contribution in [0.25, 0.3) is 0 Å². The first-order valence-corrected chi connectivity index (χ1v) is 6.69. The fraction of sp³-hybridized carbons (Fsp3) is 0.538. The number of carboxylic acids is 1. The first-order valence-electron chi connectivity index (χ1n) is 6.69. The van der Waals surface area contributed by atoms with Crippen molar-refractivity contribution in [2.75, 3.05) is 11.4 Å². The molecular weight excluding hydrogens is 262 g/mol. The maximum Gasteiger partial charge on any atom is 0.337 e. The maximum absolute atomic E-state index is 11.2. The summed E-state index contributed by atoms with van der Waals surface area (Å²) in [6.45, 7) is 2.76. The summed E-state index contributed by atoms with van der Waals surface area (Å²) < 4.78 is 0. The van der Waals surface area contributed by atoms with Crippen molar-refractivity contribution >= 4 is 17.5 Å². The third kappa shape index (κ3) is 2.71. The summed E-state index contributed by atoms with van der Waals surface area (Å²) in [5.41, 5.74) is -0.393. The average molecular weight is 279 g/mol. The van der Waals surface area contributed by atoms with Gasteiger partial charge in [-0.3, -0.25) is 10.1 Å². The van der Waals surface area contributed by atoms with Crippen LogP contribution in [0.3, 0.4) is 0 Å². The van der Waals surface area contributed by atoms with E-state index in [0.717, 1.165) is 38.3 Å². The molecule has 0 saturated carbocycles. The van der Waals surface area contributed by atoms with Gasteiger partial charge in [-0.05, 0) is 25.7 Å². The topological polar surface area (TPSA) is 96.6 Å². The molecule has 1 aliphatic heterocycles. The van der Waals surface area contributed by atoms with Gasteiger partial charge in [0.2, 0.25) is 5.82 Å². The second-order valence-electron chi connectivity index (χ2n) is 4.88. The Kier molecular flexibility index (Phi) is 4.16. The highest BCUT2D eigenvalue weighted by Gasteiger charge is 2.29.